The van der Waals surface area contributed by atoms with E-state index in [1.54, 1.807) is 36.4 Å². The number of hydrogen-bond acceptors (Lipinski definition) is 5. The van der Waals surface area contributed by atoms with Gasteiger partial charge in [0.1, 0.15) is 0 Å². The largest absolute Gasteiger partial charge is 0.369 e. The molecule has 2 aromatic carbocycles. The lowest BCUT2D eigenvalue weighted by Crippen LogP contribution is -2.44. The standard InChI is InChI=1S/C20H21N3O2S/c1-22-9-11-23(12-10-22)17-7-8-20-16(13-17)14-19(15-21-20)26(24,25)18-5-3-2-4-6-18/h2-8,13-15H,9-12H2,1H3. The second-order valence-electron chi connectivity index (χ2n) is 6.65. The van der Waals surface area contributed by atoms with Crippen LogP contribution in [-0.4, -0.2) is 51.5 Å². The van der Waals surface area contributed by atoms with Crippen molar-refractivity contribution in [1.82, 2.24) is 9.88 Å². The number of nitrogens with zero attached hydrogens (tertiary/aromatic N) is 3. The van der Waals surface area contributed by atoms with Gasteiger partial charge in [0.2, 0.25) is 9.84 Å². The van der Waals surface area contributed by atoms with E-state index in [0.717, 1.165) is 42.8 Å². The second kappa shape index (κ2) is 6.70. The molecule has 0 saturated carbocycles. The van der Waals surface area contributed by atoms with Crippen molar-refractivity contribution in [3.05, 3.63) is 60.8 Å². The lowest BCUT2D eigenvalue weighted by molar-refractivity contribution is 0.313. The highest BCUT2D eigenvalue weighted by atomic mass is 32.2. The number of likely N-dealkylation sites (N-methyl/N-ethyl adjacent to an activating group) is 1. The Labute approximate surface area is 153 Å². The maximum absolute atomic E-state index is 12.8. The van der Waals surface area contributed by atoms with Crippen LogP contribution in [0, 0.1) is 0 Å². The van der Waals surface area contributed by atoms with Crippen LogP contribution in [0.2, 0.25) is 0 Å². The predicted octanol–water partition coefficient (Wildman–Crippen LogP) is 2.82. The van der Waals surface area contributed by atoms with E-state index in [1.165, 1.54) is 6.20 Å². The SMILES string of the molecule is CN1CCN(c2ccc3ncc(S(=O)(=O)c4ccccc4)cc3c2)CC1. The zero-order valence-electron chi connectivity index (χ0n) is 14.7. The molecule has 4 rings (SSSR count). The first-order valence-electron chi connectivity index (χ1n) is 8.67. The van der Waals surface area contributed by atoms with E-state index in [2.05, 4.69) is 27.9 Å². The number of pyridine rings is 1. The highest BCUT2D eigenvalue weighted by Gasteiger charge is 2.19. The third-order valence-corrected chi connectivity index (χ3v) is 6.61. The summed E-state index contributed by atoms with van der Waals surface area (Å²) < 4.78 is 25.7. The summed E-state index contributed by atoms with van der Waals surface area (Å²) in [6.07, 6.45) is 1.44. The fourth-order valence-corrected chi connectivity index (χ4v) is 4.50. The minimum atomic E-state index is -3.56. The molecule has 26 heavy (non-hydrogen) atoms. The van der Waals surface area contributed by atoms with Crippen LogP contribution < -0.4 is 4.90 Å². The average molecular weight is 367 g/mol. The fourth-order valence-electron chi connectivity index (χ4n) is 3.24. The number of hydrogen-bond donors (Lipinski definition) is 0. The van der Waals surface area contributed by atoms with Crippen LogP contribution in [-0.2, 0) is 9.84 Å². The quantitative estimate of drug-likeness (QED) is 0.712. The van der Waals surface area contributed by atoms with E-state index < -0.39 is 9.84 Å². The Hall–Kier alpha value is -2.44. The number of anilines is 1. The van der Waals surface area contributed by atoms with Crippen molar-refractivity contribution in [2.75, 3.05) is 38.1 Å². The third kappa shape index (κ3) is 3.18. The molecule has 1 aromatic heterocycles. The van der Waals surface area contributed by atoms with E-state index in [4.69, 9.17) is 0 Å². The molecule has 0 unspecified atom stereocenters. The Morgan fingerprint density at radius 3 is 2.35 bits per heavy atom. The minimum Gasteiger partial charge on any atom is -0.369 e. The molecule has 5 nitrogen and oxygen atoms in total. The van der Waals surface area contributed by atoms with Crippen molar-refractivity contribution in [1.29, 1.82) is 0 Å². The van der Waals surface area contributed by atoms with Gasteiger partial charge in [-0.25, -0.2) is 8.42 Å². The maximum Gasteiger partial charge on any atom is 0.208 e. The van der Waals surface area contributed by atoms with Gasteiger partial charge < -0.3 is 9.80 Å². The number of fused-ring (bicyclic) bond motifs is 1. The molecule has 134 valence electrons. The molecule has 2 heterocycles. The molecular formula is C20H21N3O2S. The van der Waals surface area contributed by atoms with Gasteiger partial charge in [-0.2, -0.15) is 0 Å². The zero-order valence-corrected chi connectivity index (χ0v) is 15.5. The normalized spacial score (nSPS) is 16.1. The van der Waals surface area contributed by atoms with Crippen LogP contribution in [0.3, 0.4) is 0 Å². The molecule has 0 spiro atoms. The Kier molecular flexibility index (Phi) is 4.38. The van der Waals surface area contributed by atoms with Gasteiger partial charge in [-0.3, -0.25) is 4.98 Å². The summed E-state index contributed by atoms with van der Waals surface area (Å²) in [4.78, 5) is 9.52. The van der Waals surface area contributed by atoms with Gasteiger partial charge in [0.05, 0.1) is 15.3 Å². The van der Waals surface area contributed by atoms with Crippen LogP contribution >= 0.6 is 0 Å². The van der Waals surface area contributed by atoms with Crippen LogP contribution in [0.25, 0.3) is 10.9 Å². The van der Waals surface area contributed by atoms with Gasteiger partial charge >= 0.3 is 0 Å². The highest BCUT2D eigenvalue weighted by Crippen LogP contribution is 2.26. The second-order valence-corrected chi connectivity index (χ2v) is 8.60. The van der Waals surface area contributed by atoms with Gasteiger partial charge in [-0.15, -0.1) is 0 Å². The lowest BCUT2D eigenvalue weighted by atomic mass is 10.1. The molecule has 1 saturated heterocycles. The third-order valence-electron chi connectivity index (χ3n) is 4.87. The van der Waals surface area contributed by atoms with E-state index in [9.17, 15) is 8.42 Å². The molecule has 0 radical (unpaired) electrons. The molecular weight excluding hydrogens is 346 g/mol. The Balaban J connectivity index is 1.72. The first-order chi connectivity index (χ1) is 12.5. The maximum atomic E-state index is 12.8. The molecule has 0 atom stereocenters. The Bertz CT molecular complexity index is 1030. The van der Waals surface area contributed by atoms with Crippen LogP contribution in [0.15, 0.2) is 70.6 Å². The van der Waals surface area contributed by atoms with Gasteiger partial charge in [0, 0.05) is 43.4 Å². The van der Waals surface area contributed by atoms with Crippen molar-refractivity contribution in [3.8, 4) is 0 Å². The highest BCUT2D eigenvalue weighted by molar-refractivity contribution is 7.91. The monoisotopic (exact) mass is 367 g/mol. The summed E-state index contributed by atoms with van der Waals surface area (Å²) in [5, 5.41) is 0.846. The van der Waals surface area contributed by atoms with Gasteiger partial charge in [-0.1, -0.05) is 18.2 Å². The predicted molar refractivity (Wildman–Crippen MR) is 103 cm³/mol. The van der Waals surface area contributed by atoms with Crippen LogP contribution in [0.1, 0.15) is 0 Å². The molecule has 0 N–H and O–H groups in total. The summed E-state index contributed by atoms with van der Waals surface area (Å²) in [5.41, 5.74) is 1.91. The number of benzene rings is 2. The van der Waals surface area contributed by atoms with Crippen molar-refractivity contribution >= 4 is 26.4 Å². The topological polar surface area (TPSA) is 53.5 Å². The molecule has 0 amide bonds. The van der Waals surface area contributed by atoms with Crippen LogP contribution in [0.5, 0.6) is 0 Å². The van der Waals surface area contributed by atoms with Gasteiger partial charge in [-0.05, 0) is 43.4 Å². The summed E-state index contributed by atoms with van der Waals surface area (Å²) in [6, 6.07) is 16.3. The van der Waals surface area contributed by atoms with Crippen molar-refractivity contribution in [2.24, 2.45) is 0 Å². The van der Waals surface area contributed by atoms with Gasteiger partial charge in [0.25, 0.3) is 0 Å². The van der Waals surface area contributed by atoms with Crippen molar-refractivity contribution in [3.63, 3.8) is 0 Å². The molecule has 6 heteroatoms. The fraction of sp³-hybridized carbons (Fsp3) is 0.250. The summed E-state index contributed by atoms with van der Waals surface area (Å²) in [5.74, 6) is 0. The van der Waals surface area contributed by atoms with Crippen molar-refractivity contribution < 1.29 is 8.42 Å². The Morgan fingerprint density at radius 1 is 0.885 bits per heavy atom. The minimum absolute atomic E-state index is 0.228. The molecule has 0 bridgehead atoms. The number of rotatable bonds is 3. The molecule has 0 aliphatic carbocycles. The lowest BCUT2D eigenvalue weighted by Gasteiger charge is -2.34. The van der Waals surface area contributed by atoms with Crippen LogP contribution in [0.4, 0.5) is 5.69 Å². The first kappa shape index (κ1) is 17.0. The molecule has 1 aliphatic heterocycles. The zero-order chi connectivity index (χ0) is 18.1. The summed E-state index contributed by atoms with van der Waals surface area (Å²) >= 11 is 0. The number of piperazine rings is 1. The number of aromatic nitrogens is 1. The van der Waals surface area contributed by atoms with E-state index in [-0.39, 0.29) is 9.79 Å². The average Bonchev–Trinajstić information content (AvgIpc) is 2.68. The molecule has 1 aliphatic rings. The van der Waals surface area contributed by atoms with Crippen molar-refractivity contribution in [2.45, 2.75) is 9.79 Å². The van der Waals surface area contributed by atoms with E-state index in [0.29, 0.717) is 0 Å². The molecule has 1 fully saturated rings. The summed E-state index contributed by atoms with van der Waals surface area (Å²) in [6.45, 7) is 3.99. The van der Waals surface area contributed by atoms with E-state index >= 15 is 0 Å². The van der Waals surface area contributed by atoms with Gasteiger partial charge in [0.15, 0.2) is 0 Å². The molecule has 3 aromatic rings. The summed E-state index contributed by atoms with van der Waals surface area (Å²) in [7, 11) is -1.43. The number of sulfone groups is 1. The Morgan fingerprint density at radius 2 is 1.62 bits per heavy atom. The smallest absolute Gasteiger partial charge is 0.208 e. The first-order valence-corrected chi connectivity index (χ1v) is 10.2. The van der Waals surface area contributed by atoms with E-state index in [1.807, 2.05) is 12.1 Å².